The quantitative estimate of drug-likeness (QED) is 0.682. The van der Waals surface area contributed by atoms with Gasteiger partial charge in [-0.25, -0.2) is 0 Å². The van der Waals surface area contributed by atoms with Gasteiger partial charge >= 0.3 is 0 Å². The Bertz CT molecular complexity index is 187. The summed E-state index contributed by atoms with van der Waals surface area (Å²) in [5, 5.41) is 3.56. The van der Waals surface area contributed by atoms with E-state index in [1.807, 2.05) is 0 Å². The van der Waals surface area contributed by atoms with E-state index >= 15 is 0 Å². The van der Waals surface area contributed by atoms with Gasteiger partial charge in [-0.05, 0) is 39.4 Å². The van der Waals surface area contributed by atoms with E-state index in [-0.39, 0.29) is 6.04 Å². The Balaban J connectivity index is 2.26. The lowest BCUT2D eigenvalue weighted by molar-refractivity contribution is 0.229. The molecule has 1 rings (SSSR count). The Morgan fingerprint density at radius 2 is 2.14 bits per heavy atom. The highest BCUT2D eigenvalue weighted by atomic mass is 15.1. The molecule has 0 aliphatic carbocycles. The van der Waals surface area contributed by atoms with Gasteiger partial charge in [0.15, 0.2) is 0 Å². The van der Waals surface area contributed by atoms with Gasteiger partial charge in [-0.15, -0.1) is 6.42 Å². The number of hydrogen-bond donors (Lipinski definition) is 1. The number of hydrogen-bond acceptors (Lipinski definition) is 2. The maximum absolute atomic E-state index is 5.48. The van der Waals surface area contributed by atoms with Crippen molar-refractivity contribution in [1.82, 2.24) is 10.2 Å². The molecular weight excluding hydrogens is 172 g/mol. The summed E-state index contributed by atoms with van der Waals surface area (Å²) < 4.78 is 0. The zero-order valence-corrected chi connectivity index (χ0v) is 9.42. The van der Waals surface area contributed by atoms with E-state index in [4.69, 9.17) is 6.42 Å². The highest BCUT2D eigenvalue weighted by Gasteiger charge is 2.18. The predicted molar refractivity (Wildman–Crippen MR) is 61.2 cm³/mol. The number of nitrogens with one attached hydrogen (secondary N) is 1. The molecule has 80 valence electrons. The zero-order valence-electron chi connectivity index (χ0n) is 9.42. The van der Waals surface area contributed by atoms with Crippen LogP contribution in [0.3, 0.4) is 0 Å². The van der Waals surface area contributed by atoms with Gasteiger partial charge in [0, 0.05) is 6.04 Å². The van der Waals surface area contributed by atoms with Gasteiger partial charge in [0.05, 0.1) is 6.04 Å². The van der Waals surface area contributed by atoms with Crippen molar-refractivity contribution in [2.24, 2.45) is 0 Å². The third-order valence-electron chi connectivity index (χ3n) is 2.93. The van der Waals surface area contributed by atoms with Crippen LogP contribution in [0.5, 0.6) is 0 Å². The van der Waals surface area contributed by atoms with Crippen molar-refractivity contribution in [3.63, 3.8) is 0 Å². The molecule has 0 saturated carbocycles. The summed E-state index contributed by atoms with van der Waals surface area (Å²) in [5.41, 5.74) is 0. The van der Waals surface area contributed by atoms with Gasteiger partial charge in [0.2, 0.25) is 0 Å². The van der Waals surface area contributed by atoms with Gasteiger partial charge in [0.25, 0.3) is 0 Å². The standard InChI is InChI=1S/C12H22N2/c1-4-6-11(5-2)13-12-7-9-14(3)10-8-12/h2,11-13H,4,6-10H2,1,3H3. The molecule has 0 aromatic heterocycles. The lowest BCUT2D eigenvalue weighted by atomic mass is 10.0. The Morgan fingerprint density at radius 3 is 2.64 bits per heavy atom. The van der Waals surface area contributed by atoms with Gasteiger partial charge in [-0.1, -0.05) is 19.3 Å². The van der Waals surface area contributed by atoms with E-state index < -0.39 is 0 Å². The first kappa shape index (κ1) is 11.6. The molecule has 1 unspecified atom stereocenters. The Kier molecular flexibility index (Phi) is 5.00. The summed E-state index contributed by atoms with van der Waals surface area (Å²) in [6, 6.07) is 0.923. The van der Waals surface area contributed by atoms with Crippen LogP contribution in [0, 0.1) is 12.3 Å². The molecule has 1 saturated heterocycles. The molecule has 1 atom stereocenters. The van der Waals surface area contributed by atoms with Crippen molar-refractivity contribution in [3.05, 3.63) is 0 Å². The van der Waals surface area contributed by atoms with Crippen molar-refractivity contribution >= 4 is 0 Å². The van der Waals surface area contributed by atoms with Crippen LogP contribution < -0.4 is 5.32 Å². The molecule has 0 aromatic rings. The number of piperidine rings is 1. The molecule has 1 aliphatic heterocycles. The second-order valence-corrected chi connectivity index (χ2v) is 4.25. The number of rotatable bonds is 4. The van der Waals surface area contributed by atoms with Crippen molar-refractivity contribution < 1.29 is 0 Å². The van der Waals surface area contributed by atoms with Crippen molar-refractivity contribution in [3.8, 4) is 12.3 Å². The summed E-state index contributed by atoms with van der Waals surface area (Å²) in [4.78, 5) is 2.38. The Labute approximate surface area is 88.1 Å². The molecule has 1 fully saturated rings. The molecule has 0 bridgehead atoms. The van der Waals surface area contributed by atoms with Gasteiger partial charge < -0.3 is 10.2 Å². The third-order valence-corrected chi connectivity index (χ3v) is 2.93. The van der Waals surface area contributed by atoms with E-state index in [0.717, 1.165) is 12.8 Å². The van der Waals surface area contributed by atoms with Crippen LogP contribution in [0.2, 0.25) is 0 Å². The molecule has 1 aliphatic rings. The summed E-state index contributed by atoms with van der Waals surface area (Å²) in [7, 11) is 2.18. The molecule has 0 spiro atoms. The first-order valence-corrected chi connectivity index (χ1v) is 5.67. The average molecular weight is 194 g/mol. The third kappa shape index (κ3) is 3.69. The second kappa shape index (κ2) is 6.06. The van der Waals surface area contributed by atoms with E-state index in [2.05, 4.69) is 30.1 Å². The first-order valence-electron chi connectivity index (χ1n) is 5.67. The molecule has 1 N–H and O–H groups in total. The minimum absolute atomic E-state index is 0.286. The van der Waals surface area contributed by atoms with Crippen molar-refractivity contribution in [2.75, 3.05) is 20.1 Å². The highest BCUT2D eigenvalue weighted by molar-refractivity contribution is 5.00. The number of nitrogens with zero attached hydrogens (tertiary/aromatic N) is 1. The van der Waals surface area contributed by atoms with Gasteiger partial charge in [0.1, 0.15) is 0 Å². The molecule has 0 aromatic carbocycles. The molecule has 2 nitrogen and oxygen atoms in total. The maximum Gasteiger partial charge on any atom is 0.0688 e. The SMILES string of the molecule is C#CC(CCC)NC1CCN(C)CC1. The smallest absolute Gasteiger partial charge is 0.0688 e. The van der Waals surface area contributed by atoms with Crippen LogP contribution in [-0.4, -0.2) is 37.1 Å². The van der Waals surface area contributed by atoms with Gasteiger partial charge in [-0.2, -0.15) is 0 Å². The topological polar surface area (TPSA) is 15.3 Å². The minimum atomic E-state index is 0.286. The Hall–Kier alpha value is -0.520. The van der Waals surface area contributed by atoms with Crippen LogP contribution in [0.25, 0.3) is 0 Å². The molecule has 14 heavy (non-hydrogen) atoms. The van der Waals surface area contributed by atoms with E-state index in [1.165, 1.54) is 25.9 Å². The second-order valence-electron chi connectivity index (χ2n) is 4.25. The monoisotopic (exact) mass is 194 g/mol. The molecule has 2 heteroatoms. The molecule has 1 heterocycles. The summed E-state index contributed by atoms with van der Waals surface area (Å²) in [6.45, 7) is 4.57. The summed E-state index contributed by atoms with van der Waals surface area (Å²) >= 11 is 0. The van der Waals surface area contributed by atoms with E-state index in [9.17, 15) is 0 Å². The lowest BCUT2D eigenvalue weighted by Crippen LogP contribution is -2.44. The zero-order chi connectivity index (χ0) is 10.4. The van der Waals surface area contributed by atoms with Crippen LogP contribution in [-0.2, 0) is 0 Å². The van der Waals surface area contributed by atoms with Crippen LogP contribution >= 0.6 is 0 Å². The van der Waals surface area contributed by atoms with Gasteiger partial charge in [-0.3, -0.25) is 0 Å². The normalized spacial score (nSPS) is 21.8. The molecular formula is C12H22N2. The fourth-order valence-corrected chi connectivity index (χ4v) is 1.96. The lowest BCUT2D eigenvalue weighted by Gasteiger charge is -2.31. The maximum atomic E-state index is 5.48. The van der Waals surface area contributed by atoms with Crippen LogP contribution in [0.4, 0.5) is 0 Å². The average Bonchev–Trinajstić information content (AvgIpc) is 2.20. The summed E-state index contributed by atoms with van der Waals surface area (Å²) in [6.07, 6.45) is 10.2. The van der Waals surface area contributed by atoms with E-state index in [0.29, 0.717) is 6.04 Å². The van der Waals surface area contributed by atoms with E-state index in [1.54, 1.807) is 0 Å². The molecule has 0 amide bonds. The fraction of sp³-hybridized carbons (Fsp3) is 0.833. The highest BCUT2D eigenvalue weighted by Crippen LogP contribution is 2.10. The molecule has 0 radical (unpaired) electrons. The van der Waals surface area contributed by atoms with Crippen molar-refractivity contribution in [1.29, 1.82) is 0 Å². The number of terminal acetylenes is 1. The largest absolute Gasteiger partial charge is 0.306 e. The summed E-state index contributed by atoms with van der Waals surface area (Å²) in [5.74, 6) is 2.84. The van der Waals surface area contributed by atoms with Crippen LogP contribution in [0.1, 0.15) is 32.6 Å². The van der Waals surface area contributed by atoms with Crippen LogP contribution in [0.15, 0.2) is 0 Å². The van der Waals surface area contributed by atoms with Crippen molar-refractivity contribution in [2.45, 2.75) is 44.7 Å². The fourth-order valence-electron chi connectivity index (χ4n) is 1.96. The Morgan fingerprint density at radius 1 is 1.50 bits per heavy atom. The minimum Gasteiger partial charge on any atom is -0.306 e. The predicted octanol–water partition coefficient (Wildman–Crippen LogP) is 1.47. The number of likely N-dealkylation sites (tertiary alicyclic amines) is 1. The first-order chi connectivity index (χ1) is 6.76.